The van der Waals surface area contributed by atoms with Crippen molar-refractivity contribution in [2.24, 2.45) is 0 Å². The number of H-pyrrole nitrogens is 1. The topological polar surface area (TPSA) is 95.9 Å². The lowest BCUT2D eigenvalue weighted by Gasteiger charge is -1.99. The molecule has 0 aliphatic rings. The molecule has 0 amide bonds. The van der Waals surface area contributed by atoms with Gasteiger partial charge in [-0.3, -0.25) is 9.59 Å². The van der Waals surface area contributed by atoms with Gasteiger partial charge in [-0.1, -0.05) is 6.92 Å². The van der Waals surface area contributed by atoms with Crippen LogP contribution < -0.4 is 5.56 Å². The molecule has 0 spiro atoms. The number of carboxylic acid groups (broad SMARTS) is 1. The van der Waals surface area contributed by atoms with Gasteiger partial charge in [-0.25, -0.2) is 9.97 Å². The molecule has 100 valence electrons. The van der Waals surface area contributed by atoms with Crippen molar-refractivity contribution in [3.05, 3.63) is 33.3 Å². The Balaban J connectivity index is 2.16. The normalized spacial score (nSPS) is 10.6. The molecule has 19 heavy (non-hydrogen) atoms. The van der Waals surface area contributed by atoms with Gasteiger partial charge in [0.2, 0.25) is 0 Å². The van der Waals surface area contributed by atoms with E-state index < -0.39 is 5.97 Å². The van der Waals surface area contributed by atoms with Crippen molar-refractivity contribution < 1.29 is 9.90 Å². The van der Waals surface area contributed by atoms with Crippen LogP contribution in [0.5, 0.6) is 0 Å². The van der Waals surface area contributed by atoms with E-state index in [4.69, 9.17) is 5.11 Å². The highest BCUT2D eigenvalue weighted by Crippen LogP contribution is 2.28. The zero-order valence-electron chi connectivity index (χ0n) is 10.0. The third kappa shape index (κ3) is 3.90. The van der Waals surface area contributed by atoms with Gasteiger partial charge in [0.05, 0.1) is 12.1 Å². The molecule has 0 fully saturated rings. The van der Waals surface area contributed by atoms with E-state index in [1.54, 1.807) is 5.38 Å². The zero-order valence-corrected chi connectivity index (χ0v) is 11.7. The van der Waals surface area contributed by atoms with Crippen molar-refractivity contribution in [3.8, 4) is 0 Å². The molecule has 6 nitrogen and oxygen atoms in total. The van der Waals surface area contributed by atoms with Gasteiger partial charge < -0.3 is 10.1 Å². The van der Waals surface area contributed by atoms with E-state index in [-0.39, 0.29) is 12.0 Å². The lowest BCUT2D eigenvalue weighted by molar-refractivity contribution is -0.136. The van der Waals surface area contributed by atoms with Gasteiger partial charge in [0.15, 0.2) is 4.34 Å². The van der Waals surface area contributed by atoms with Gasteiger partial charge in [-0.15, -0.1) is 11.3 Å². The molecule has 0 saturated carbocycles. The molecule has 0 bridgehead atoms. The summed E-state index contributed by atoms with van der Waals surface area (Å²) in [4.78, 5) is 33.1. The van der Waals surface area contributed by atoms with Gasteiger partial charge in [-0.2, -0.15) is 0 Å². The Morgan fingerprint density at radius 1 is 1.53 bits per heavy atom. The molecule has 0 unspecified atom stereocenters. The van der Waals surface area contributed by atoms with Crippen LogP contribution in [0.4, 0.5) is 0 Å². The van der Waals surface area contributed by atoms with Gasteiger partial charge >= 0.3 is 5.97 Å². The fourth-order valence-electron chi connectivity index (χ4n) is 1.36. The second-order valence-corrected chi connectivity index (χ2v) is 5.79. The van der Waals surface area contributed by atoms with Crippen LogP contribution in [0.1, 0.15) is 18.4 Å². The Morgan fingerprint density at radius 3 is 3.00 bits per heavy atom. The van der Waals surface area contributed by atoms with E-state index in [1.807, 2.05) is 6.92 Å². The van der Waals surface area contributed by atoms with Crippen molar-refractivity contribution >= 4 is 29.1 Å². The van der Waals surface area contributed by atoms with Crippen LogP contribution in [0.15, 0.2) is 25.6 Å². The number of aliphatic carboxylic acids is 1. The van der Waals surface area contributed by atoms with E-state index in [1.165, 1.54) is 29.2 Å². The molecule has 0 aromatic carbocycles. The highest BCUT2D eigenvalue weighted by atomic mass is 32.2. The van der Waals surface area contributed by atoms with Crippen molar-refractivity contribution in [3.63, 3.8) is 0 Å². The first-order valence-electron chi connectivity index (χ1n) is 5.51. The number of hydrogen-bond donors (Lipinski definition) is 2. The maximum Gasteiger partial charge on any atom is 0.309 e. The molecule has 2 N–H and O–H groups in total. The summed E-state index contributed by atoms with van der Waals surface area (Å²) in [6, 6.07) is 1.40. The molecular formula is C11H11N3O3S2. The Hall–Kier alpha value is -1.67. The monoisotopic (exact) mass is 297 g/mol. The summed E-state index contributed by atoms with van der Waals surface area (Å²) >= 11 is 2.60. The molecule has 8 heteroatoms. The maximum absolute atomic E-state index is 11.4. The minimum atomic E-state index is -0.913. The number of rotatable bonds is 5. The number of aromatic nitrogens is 3. The van der Waals surface area contributed by atoms with E-state index in [0.29, 0.717) is 27.3 Å². The standard InChI is InChI=1S/C11H11N3O3S2/c1-2-7-13-8(15)4-9(14-7)19-11-12-6(5-18-11)3-10(16)17/h4-5H,2-3H2,1H3,(H,16,17)(H,13,14,15). The third-order valence-corrected chi connectivity index (χ3v) is 4.06. The summed E-state index contributed by atoms with van der Waals surface area (Å²) in [5.74, 6) is -0.290. The van der Waals surface area contributed by atoms with Crippen LogP contribution in [0, 0.1) is 0 Å². The molecule has 2 heterocycles. The van der Waals surface area contributed by atoms with Gasteiger partial charge in [0.25, 0.3) is 5.56 Å². The Bertz CT molecular complexity index is 651. The Morgan fingerprint density at radius 2 is 2.32 bits per heavy atom. The predicted octanol–water partition coefficient (Wildman–Crippen LogP) is 1.57. The molecular weight excluding hydrogens is 286 g/mol. The summed E-state index contributed by atoms with van der Waals surface area (Å²) in [6.07, 6.45) is 0.547. The van der Waals surface area contributed by atoms with Gasteiger partial charge in [0, 0.05) is 17.9 Å². The fraction of sp³-hybridized carbons (Fsp3) is 0.273. The molecule has 0 aliphatic heterocycles. The number of carbonyl (C=O) groups is 1. The second kappa shape index (κ2) is 5.98. The number of nitrogens with zero attached hydrogens (tertiary/aromatic N) is 2. The first-order valence-corrected chi connectivity index (χ1v) is 7.20. The highest BCUT2D eigenvalue weighted by Gasteiger charge is 2.09. The van der Waals surface area contributed by atoms with E-state index in [2.05, 4.69) is 15.0 Å². The molecule has 2 aromatic rings. The van der Waals surface area contributed by atoms with Crippen molar-refractivity contribution in [1.29, 1.82) is 0 Å². The Kier molecular flexibility index (Phi) is 4.33. The summed E-state index contributed by atoms with van der Waals surface area (Å²) in [7, 11) is 0. The summed E-state index contributed by atoms with van der Waals surface area (Å²) in [5.41, 5.74) is 0.317. The predicted molar refractivity (Wildman–Crippen MR) is 71.8 cm³/mol. The lowest BCUT2D eigenvalue weighted by Crippen LogP contribution is -2.09. The molecule has 2 aromatic heterocycles. The molecule has 0 aliphatic carbocycles. The van der Waals surface area contributed by atoms with Crippen LogP contribution in [0.25, 0.3) is 0 Å². The number of thiazole rings is 1. The van der Waals surface area contributed by atoms with Crippen LogP contribution in [-0.4, -0.2) is 26.0 Å². The SMILES string of the molecule is CCc1nc(Sc2nc(CC(=O)O)cs2)cc(=O)[nH]1. The van der Waals surface area contributed by atoms with Crippen LogP contribution in [0.2, 0.25) is 0 Å². The van der Waals surface area contributed by atoms with Crippen LogP contribution in [-0.2, 0) is 17.6 Å². The molecule has 0 atom stereocenters. The molecule has 2 rings (SSSR count). The zero-order chi connectivity index (χ0) is 13.8. The smallest absolute Gasteiger partial charge is 0.309 e. The highest BCUT2D eigenvalue weighted by molar-refractivity contribution is 8.01. The number of nitrogens with one attached hydrogen (secondary N) is 1. The van der Waals surface area contributed by atoms with E-state index in [0.717, 1.165) is 0 Å². The van der Waals surface area contributed by atoms with E-state index >= 15 is 0 Å². The second-order valence-electron chi connectivity index (χ2n) is 3.66. The van der Waals surface area contributed by atoms with Crippen molar-refractivity contribution in [1.82, 2.24) is 15.0 Å². The summed E-state index contributed by atoms with van der Waals surface area (Å²) < 4.78 is 0.677. The third-order valence-electron chi connectivity index (χ3n) is 2.16. The fourth-order valence-corrected chi connectivity index (χ4v) is 3.16. The largest absolute Gasteiger partial charge is 0.481 e. The van der Waals surface area contributed by atoms with Crippen molar-refractivity contribution in [2.45, 2.75) is 29.1 Å². The molecule has 0 radical (unpaired) electrons. The van der Waals surface area contributed by atoms with Gasteiger partial charge in [-0.05, 0) is 11.8 Å². The number of aromatic amines is 1. The maximum atomic E-state index is 11.4. The lowest BCUT2D eigenvalue weighted by atomic mass is 10.3. The Labute approximate surface area is 116 Å². The minimum Gasteiger partial charge on any atom is -0.481 e. The first kappa shape index (κ1) is 13.8. The first-order chi connectivity index (χ1) is 9.06. The number of aryl methyl sites for hydroxylation is 1. The minimum absolute atomic E-state index is 0.0972. The summed E-state index contributed by atoms with van der Waals surface area (Å²) in [6.45, 7) is 1.90. The van der Waals surface area contributed by atoms with Crippen LogP contribution >= 0.6 is 23.1 Å². The summed E-state index contributed by atoms with van der Waals surface area (Å²) in [5, 5.41) is 10.9. The van der Waals surface area contributed by atoms with E-state index in [9.17, 15) is 9.59 Å². The number of carboxylic acids is 1. The van der Waals surface area contributed by atoms with Crippen molar-refractivity contribution in [2.75, 3.05) is 0 Å². The van der Waals surface area contributed by atoms with Crippen LogP contribution in [0.3, 0.4) is 0 Å². The quantitative estimate of drug-likeness (QED) is 0.813. The molecule has 0 saturated heterocycles. The number of hydrogen-bond acceptors (Lipinski definition) is 6. The average molecular weight is 297 g/mol. The van der Waals surface area contributed by atoms with Gasteiger partial charge in [0.1, 0.15) is 10.9 Å². The average Bonchev–Trinajstić information content (AvgIpc) is 2.74.